The van der Waals surface area contributed by atoms with Gasteiger partial charge in [-0.15, -0.1) is 0 Å². The van der Waals surface area contributed by atoms with Crippen molar-refractivity contribution in [1.82, 2.24) is 20.4 Å². The van der Waals surface area contributed by atoms with Crippen LogP contribution in [-0.2, 0) is 14.4 Å². The summed E-state index contributed by atoms with van der Waals surface area (Å²) in [5.41, 5.74) is 0.752. The fourth-order valence-corrected chi connectivity index (χ4v) is 4.37. The van der Waals surface area contributed by atoms with Crippen molar-refractivity contribution in [1.29, 1.82) is 0 Å². The van der Waals surface area contributed by atoms with Crippen LogP contribution in [0.25, 0.3) is 0 Å². The number of carbonyl (C=O) groups is 3. The van der Waals surface area contributed by atoms with Gasteiger partial charge >= 0.3 is 0 Å². The number of aromatic hydroxyl groups is 1. The molecule has 3 atom stereocenters. The van der Waals surface area contributed by atoms with Gasteiger partial charge in [-0.05, 0) is 57.6 Å². The van der Waals surface area contributed by atoms with E-state index in [2.05, 4.69) is 29.6 Å². The number of phenolic OH excluding ortho intramolecular Hbond substituents is 1. The second-order valence-electron chi connectivity index (χ2n) is 8.42. The SMILES string of the molecule is CN(C)CCCCCCNC(=O)[C@@H]1C[C@@H]2C(=O)NCC(=O)N2[C@@H]1c1ccc(O)cc1. The lowest BCUT2D eigenvalue weighted by molar-refractivity contribution is -0.145. The van der Waals surface area contributed by atoms with Gasteiger partial charge in [-0.2, -0.15) is 0 Å². The van der Waals surface area contributed by atoms with E-state index in [4.69, 9.17) is 0 Å². The number of hydrogen-bond acceptors (Lipinski definition) is 5. The summed E-state index contributed by atoms with van der Waals surface area (Å²) in [4.78, 5) is 41.6. The molecule has 0 aromatic heterocycles. The topological polar surface area (TPSA) is 102 Å². The third-order valence-corrected chi connectivity index (χ3v) is 5.90. The second-order valence-corrected chi connectivity index (χ2v) is 8.42. The van der Waals surface area contributed by atoms with Crippen LogP contribution in [-0.4, -0.2) is 72.4 Å². The molecular weight excluding hydrogens is 384 g/mol. The van der Waals surface area contributed by atoms with E-state index < -0.39 is 18.0 Å². The highest BCUT2D eigenvalue weighted by molar-refractivity contribution is 5.97. The summed E-state index contributed by atoms with van der Waals surface area (Å²) in [5.74, 6) is -0.910. The minimum Gasteiger partial charge on any atom is -0.508 e. The highest BCUT2D eigenvalue weighted by Gasteiger charge is 2.51. The van der Waals surface area contributed by atoms with Crippen LogP contribution in [0.4, 0.5) is 0 Å². The molecule has 8 nitrogen and oxygen atoms in total. The zero-order valence-electron chi connectivity index (χ0n) is 17.8. The number of piperazine rings is 1. The predicted octanol–water partition coefficient (Wildman–Crippen LogP) is 1.02. The zero-order chi connectivity index (χ0) is 21.7. The summed E-state index contributed by atoms with van der Waals surface area (Å²) in [5, 5.41) is 15.2. The molecule has 0 aliphatic carbocycles. The van der Waals surface area contributed by atoms with Crippen LogP contribution >= 0.6 is 0 Å². The maximum atomic E-state index is 13.0. The molecule has 2 fully saturated rings. The normalized spacial score (nSPS) is 23.4. The number of rotatable bonds is 9. The summed E-state index contributed by atoms with van der Waals surface area (Å²) in [6, 6.07) is 5.38. The van der Waals surface area contributed by atoms with Crippen molar-refractivity contribution in [2.24, 2.45) is 5.92 Å². The van der Waals surface area contributed by atoms with Gasteiger partial charge in [0.2, 0.25) is 17.7 Å². The average Bonchev–Trinajstić information content (AvgIpc) is 3.12. The first-order valence-electron chi connectivity index (χ1n) is 10.7. The lowest BCUT2D eigenvalue weighted by Gasteiger charge is -2.34. The van der Waals surface area contributed by atoms with Crippen molar-refractivity contribution >= 4 is 17.7 Å². The molecule has 0 unspecified atom stereocenters. The molecule has 3 amide bonds. The van der Waals surface area contributed by atoms with Gasteiger partial charge in [-0.25, -0.2) is 0 Å². The minimum atomic E-state index is -0.633. The van der Waals surface area contributed by atoms with Crippen molar-refractivity contribution in [2.75, 3.05) is 33.7 Å². The second kappa shape index (κ2) is 9.93. The molecule has 164 valence electrons. The average molecular weight is 417 g/mol. The number of hydrogen-bond donors (Lipinski definition) is 3. The van der Waals surface area contributed by atoms with Crippen LogP contribution in [0, 0.1) is 5.92 Å². The van der Waals surface area contributed by atoms with Gasteiger partial charge in [0.15, 0.2) is 0 Å². The van der Waals surface area contributed by atoms with Crippen molar-refractivity contribution < 1.29 is 19.5 Å². The molecule has 0 saturated carbocycles. The monoisotopic (exact) mass is 416 g/mol. The predicted molar refractivity (Wildman–Crippen MR) is 113 cm³/mol. The summed E-state index contributed by atoms with van der Waals surface area (Å²) < 4.78 is 0. The standard InChI is InChI=1S/C22H32N4O4/c1-25(2)12-6-4-3-5-11-23-21(29)17-13-18-22(30)24-14-19(28)26(18)20(17)15-7-9-16(27)10-8-15/h7-10,17-18,20,27H,3-6,11-14H2,1-2H3,(H,23,29)(H,24,30)/t17-,18-,20-/m1/s1. The highest BCUT2D eigenvalue weighted by atomic mass is 16.3. The van der Waals surface area contributed by atoms with E-state index in [-0.39, 0.29) is 30.0 Å². The molecule has 0 spiro atoms. The van der Waals surface area contributed by atoms with Crippen molar-refractivity contribution in [2.45, 2.75) is 44.2 Å². The van der Waals surface area contributed by atoms with Crippen molar-refractivity contribution in [3.05, 3.63) is 29.8 Å². The van der Waals surface area contributed by atoms with Crippen LogP contribution in [0.2, 0.25) is 0 Å². The fraction of sp³-hybridized carbons (Fsp3) is 0.591. The van der Waals surface area contributed by atoms with E-state index in [1.807, 2.05) is 0 Å². The third-order valence-electron chi connectivity index (χ3n) is 5.90. The summed E-state index contributed by atoms with van der Waals surface area (Å²) in [6.07, 6.45) is 4.52. The molecule has 3 rings (SSSR count). The Morgan fingerprint density at radius 1 is 1.17 bits per heavy atom. The van der Waals surface area contributed by atoms with Gasteiger partial charge in [0.1, 0.15) is 11.8 Å². The summed E-state index contributed by atoms with van der Waals surface area (Å²) >= 11 is 0. The summed E-state index contributed by atoms with van der Waals surface area (Å²) in [7, 11) is 4.12. The van der Waals surface area contributed by atoms with E-state index in [9.17, 15) is 19.5 Å². The maximum absolute atomic E-state index is 13.0. The van der Waals surface area contributed by atoms with Gasteiger partial charge in [-0.1, -0.05) is 25.0 Å². The maximum Gasteiger partial charge on any atom is 0.243 e. The molecule has 30 heavy (non-hydrogen) atoms. The molecule has 0 radical (unpaired) electrons. The Labute approximate surface area is 177 Å². The summed E-state index contributed by atoms with van der Waals surface area (Å²) in [6.45, 7) is 1.60. The first-order valence-corrected chi connectivity index (χ1v) is 10.7. The van der Waals surface area contributed by atoms with Crippen LogP contribution in [0.1, 0.15) is 43.7 Å². The molecule has 3 N–H and O–H groups in total. The van der Waals surface area contributed by atoms with E-state index in [1.165, 1.54) is 0 Å². The largest absolute Gasteiger partial charge is 0.508 e. The molecule has 1 aromatic carbocycles. The zero-order valence-corrected chi connectivity index (χ0v) is 17.8. The van der Waals surface area contributed by atoms with Crippen LogP contribution < -0.4 is 10.6 Å². The molecule has 1 aromatic rings. The van der Waals surface area contributed by atoms with Gasteiger partial charge in [-0.3, -0.25) is 14.4 Å². The molecule has 8 heteroatoms. The molecule has 0 bridgehead atoms. The van der Waals surface area contributed by atoms with Gasteiger partial charge in [0, 0.05) is 6.54 Å². The van der Waals surface area contributed by atoms with Gasteiger partial charge in [0.05, 0.1) is 18.5 Å². The Bertz CT molecular complexity index is 765. The lowest BCUT2D eigenvalue weighted by Crippen LogP contribution is -2.56. The highest BCUT2D eigenvalue weighted by Crippen LogP contribution is 2.42. The van der Waals surface area contributed by atoms with Gasteiger partial charge < -0.3 is 25.5 Å². The number of amides is 3. The van der Waals surface area contributed by atoms with Crippen molar-refractivity contribution in [3.8, 4) is 5.75 Å². The number of carbonyl (C=O) groups excluding carboxylic acids is 3. The Kier molecular flexibility index (Phi) is 7.31. The van der Waals surface area contributed by atoms with Crippen molar-refractivity contribution in [3.63, 3.8) is 0 Å². The quantitative estimate of drug-likeness (QED) is 0.522. The van der Waals surface area contributed by atoms with Crippen LogP contribution in [0.5, 0.6) is 5.75 Å². The molecule has 2 heterocycles. The Morgan fingerprint density at radius 2 is 1.87 bits per heavy atom. The number of phenols is 1. The Hall–Kier alpha value is -2.61. The number of nitrogens with zero attached hydrogens (tertiary/aromatic N) is 2. The molecule has 2 aliphatic heterocycles. The van der Waals surface area contributed by atoms with E-state index in [1.54, 1.807) is 29.2 Å². The Balaban J connectivity index is 1.64. The fourth-order valence-electron chi connectivity index (χ4n) is 4.37. The van der Waals surface area contributed by atoms with E-state index >= 15 is 0 Å². The lowest BCUT2D eigenvalue weighted by atomic mass is 9.92. The number of benzene rings is 1. The Morgan fingerprint density at radius 3 is 2.57 bits per heavy atom. The van der Waals surface area contributed by atoms with Crippen LogP contribution in [0.3, 0.4) is 0 Å². The molecular formula is C22H32N4O4. The smallest absolute Gasteiger partial charge is 0.243 e. The molecule has 2 saturated heterocycles. The first-order chi connectivity index (χ1) is 14.4. The van der Waals surface area contributed by atoms with E-state index in [0.717, 1.165) is 37.8 Å². The number of fused-ring (bicyclic) bond motifs is 1. The number of nitrogens with one attached hydrogen (secondary N) is 2. The van der Waals surface area contributed by atoms with Crippen LogP contribution in [0.15, 0.2) is 24.3 Å². The molecule has 2 aliphatic rings. The van der Waals surface area contributed by atoms with E-state index in [0.29, 0.717) is 13.0 Å². The minimum absolute atomic E-state index is 0.0504. The number of unbranched alkanes of at least 4 members (excludes halogenated alkanes) is 3. The first kappa shape index (κ1) is 22.1. The van der Waals surface area contributed by atoms with Gasteiger partial charge in [0.25, 0.3) is 0 Å². The third kappa shape index (κ3) is 5.11.